The van der Waals surface area contributed by atoms with Gasteiger partial charge in [0.2, 0.25) is 0 Å². The maximum atomic E-state index is 11.4. The van der Waals surface area contributed by atoms with Gasteiger partial charge in [-0.2, -0.15) is 5.06 Å². The second kappa shape index (κ2) is 6.11. The molecule has 6 nitrogen and oxygen atoms in total. The lowest BCUT2D eigenvalue weighted by molar-refractivity contribution is -0.194. The minimum Gasteiger partial charge on any atom is -0.480 e. The lowest BCUT2D eigenvalue weighted by Gasteiger charge is -2.24. The fourth-order valence-electron chi connectivity index (χ4n) is 2.80. The Morgan fingerprint density at radius 2 is 2.14 bits per heavy atom. The third-order valence-electron chi connectivity index (χ3n) is 3.97. The molecule has 3 rings (SSSR count). The van der Waals surface area contributed by atoms with Crippen LogP contribution in [0.15, 0.2) is 30.3 Å². The molecule has 0 aromatic heterocycles. The molecule has 3 unspecified atom stereocenters. The highest BCUT2D eigenvalue weighted by atomic mass is 16.8. The van der Waals surface area contributed by atoms with Crippen molar-refractivity contribution < 1.29 is 19.5 Å². The van der Waals surface area contributed by atoms with Crippen LogP contribution >= 0.6 is 0 Å². The SMILES string of the molecule is CCN1C(C(=O)O)CCN(OCc2ccccc2)C2OC21. The highest BCUT2D eigenvalue weighted by Gasteiger charge is 2.53. The van der Waals surface area contributed by atoms with Gasteiger partial charge in [-0.05, 0) is 18.5 Å². The van der Waals surface area contributed by atoms with E-state index in [1.807, 2.05) is 42.2 Å². The monoisotopic (exact) mass is 292 g/mol. The zero-order valence-corrected chi connectivity index (χ0v) is 12.0. The van der Waals surface area contributed by atoms with Crippen LogP contribution in [0.25, 0.3) is 0 Å². The molecule has 0 saturated carbocycles. The normalized spacial score (nSPS) is 29.7. The van der Waals surface area contributed by atoms with Crippen LogP contribution in [0.2, 0.25) is 0 Å². The van der Waals surface area contributed by atoms with Crippen molar-refractivity contribution in [1.82, 2.24) is 9.96 Å². The Morgan fingerprint density at radius 1 is 1.38 bits per heavy atom. The molecule has 1 aromatic carbocycles. The minimum atomic E-state index is -0.795. The molecular formula is C15H20N2O4. The van der Waals surface area contributed by atoms with Crippen molar-refractivity contribution in [2.24, 2.45) is 0 Å². The van der Waals surface area contributed by atoms with Crippen LogP contribution in [-0.2, 0) is 21.0 Å². The topological polar surface area (TPSA) is 65.5 Å². The van der Waals surface area contributed by atoms with E-state index in [0.717, 1.165) is 5.56 Å². The Hall–Kier alpha value is -1.47. The average molecular weight is 292 g/mol. The number of hydrogen-bond acceptors (Lipinski definition) is 5. The van der Waals surface area contributed by atoms with Crippen molar-refractivity contribution in [1.29, 1.82) is 0 Å². The molecule has 0 amide bonds. The van der Waals surface area contributed by atoms with E-state index in [4.69, 9.17) is 9.57 Å². The number of epoxide rings is 1. The average Bonchev–Trinajstić information content (AvgIpc) is 3.26. The smallest absolute Gasteiger partial charge is 0.321 e. The van der Waals surface area contributed by atoms with Crippen LogP contribution in [0, 0.1) is 0 Å². The number of likely N-dealkylation sites (N-methyl/N-ethyl adjacent to an activating group) is 1. The summed E-state index contributed by atoms with van der Waals surface area (Å²) >= 11 is 0. The Kier molecular flexibility index (Phi) is 4.21. The minimum absolute atomic E-state index is 0.155. The summed E-state index contributed by atoms with van der Waals surface area (Å²) in [5.74, 6) is -0.795. The first-order chi connectivity index (χ1) is 10.2. The number of hydroxylamine groups is 2. The number of hydrogen-bond donors (Lipinski definition) is 1. The van der Waals surface area contributed by atoms with Gasteiger partial charge in [-0.25, -0.2) is 0 Å². The summed E-state index contributed by atoms with van der Waals surface area (Å²) in [6.45, 7) is 3.64. The number of nitrogens with zero attached hydrogens (tertiary/aromatic N) is 2. The van der Waals surface area contributed by atoms with E-state index in [-0.39, 0.29) is 12.5 Å². The molecule has 2 heterocycles. The van der Waals surface area contributed by atoms with Crippen LogP contribution in [0.4, 0.5) is 0 Å². The molecule has 2 aliphatic heterocycles. The molecule has 0 aliphatic carbocycles. The molecule has 0 spiro atoms. The largest absolute Gasteiger partial charge is 0.480 e. The summed E-state index contributed by atoms with van der Waals surface area (Å²) < 4.78 is 5.61. The molecule has 6 heteroatoms. The molecule has 1 aromatic rings. The summed E-state index contributed by atoms with van der Waals surface area (Å²) in [6, 6.07) is 9.40. The number of aliphatic carboxylic acids is 1. The highest BCUT2D eigenvalue weighted by Crippen LogP contribution is 2.35. The van der Waals surface area contributed by atoms with Gasteiger partial charge in [0.15, 0.2) is 12.5 Å². The van der Waals surface area contributed by atoms with E-state index in [0.29, 0.717) is 26.1 Å². The van der Waals surface area contributed by atoms with Gasteiger partial charge in [-0.3, -0.25) is 14.5 Å². The molecule has 21 heavy (non-hydrogen) atoms. The first-order valence-electron chi connectivity index (χ1n) is 7.28. The first kappa shape index (κ1) is 14.5. The fourth-order valence-corrected chi connectivity index (χ4v) is 2.80. The number of benzene rings is 1. The van der Waals surface area contributed by atoms with E-state index in [9.17, 15) is 9.90 Å². The predicted molar refractivity (Wildman–Crippen MR) is 75.0 cm³/mol. The third-order valence-corrected chi connectivity index (χ3v) is 3.97. The van der Waals surface area contributed by atoms with Gasteiger partial charge in [0.1, 0.15) is 6.04 Å². The molecule has 3 atom stereocenters. The second-order valence-electron chi connectivity index (χ2n) is 5.29. The van der Waals surface area contributed by atoms with Crippen molar-refractivity contribution in [3.8, 4) is 0 Å². The van der Waals surface area contributed by atoms with Gasteiger partial charge in [-0.15, -0.1) is 0 Å². The summed E-state index contributed by atoms with van der Waals surface area (Å²) in [4.78, 5) is 19.1. The Bertz CT molecular complexity index is 496. The van der Waals surface area contributed by atoms with Crippen molar-refractivity contribution in [3.63, 3.8) is 0 Å². The van der Waals surface area contributed by atoms with Crippen molar-refractivity contribution in [2.75, 3.05) is 13.1 Å². The first-order valence-corrected chi connectivity index (χ1v) is 7.28. The maximum Gasteiger partial charge on any atom is 0.321 e. The second-order valence-corrected chi connectivity index (χ2v) is 5.29. The van der Waals surface area contributed by atoms with E-state index in [2.05, 4.69) is 0 Å². The van der Waals surface area contributed by atoms with Gasteiger partial charge in [0, 0.05) is 6.54 Å². The van der Waals surface area contributed by atoms with E-state index in [1.165, 1.54) is 0 Å². The zero-order valence-electron chi connectivity index (χ0n) is 12.0. The molecular weight excluding hydrogens is 272 g/mol. The number of carbonyl (C=O) groups is 1. The van der Waals surface area contributed by atoms with Gasteiger partial charge in [0.25, 0.3) is 0 Å². The molecule has 114 valence electrons. The van der Waals surface area contributed by atoms with E-state index >= 15 is 0 Å². The Morgan fingerprint density at radius 3 is 2.81 bits per heavy atom. The summed E-state index contributed by atoms with van der Waals surface area (Å²) in [5.41, 5.74) is 1.08. The molecule has 2 aliphatic rings. The lowest BCUT2D eigenvalue weighted by Crippen LogP contribution is -2.42. The van der Waals surface area contributed by atoms with Crippen molar-refractivity contribution in [3.05, 3.63) is 35.9 Å². The fraction of sp³-hybridized carbons (Fsp3) is 0.533. The van der Waals surface area contributed by atoms with Crippen molar-refractivity contribution in [2.45, 2.75) is 38.4 Å². The van der Waals surface area contributed by atoms with Crippen LogP contribution < -0.4 is 0 Å². The highest BCUT2D eigenvalue weighted by molar-refractivity contribution is 5.73. The standard InChI is InChI=1S/C15H20N2O4/c1-2-16-12(15(18)19)8-9-17(14-13(16)21-14)20-10-11-6-4-3-5-7-11/h3-7,12-14H,2,8-10H2,1H3,(H,18,19). The van der Waals surface area contributed by atoms with Crippen LogP contribution in [0.3, 0.4) is 0 Å². The van der Waals surface area contributed by atoms with Crippen molar-refractivity contribution >= 4 is 5.97 Å². The molecule has 0 bridgehead atoms. The molecule has 2 saturated heterocycles. The summed E-state index contributed by atoms with van der Waals surface area (Å²) in [7, 11) is 0. The third kappa shape index (κ3) is 3.08. The number of carboxylic acid groups (broad SMARTS) is 1. The Balaban J connectivity index is 1.62. The van der Waals surface area contributed by atoms with Gasteiger partial charge in [-0.1, -0.05) is 37.3 Å². The van der Waals surface area contributed by atoms with Gasteiger partial charge >= 0.3 is 5.97 Å². The number of fused-ring (bicyclic) bond motifs is 1. The van der Waals surface area contributed by atoms with E-state index in [1.54, 1.807) is 5.06 Å². The number of carboxylic acids is 1. The summed E-state index contributed by atoms with van der Waals surface area (Å²) in [6.07, 6.45) is 0.210. The number of ether oxygens (including phenoxy) is 1. The molecule has 1 N–H and O–H groups in total. The van der Waals surface area contributed by atoms with Crippen LogP contribution in [0.5, 0.6) is 0 Å². The number of rotatable bonds is 5. The zero-order chi connectivity index (χ0) is 14.8. The maximum absolute atomic E-state index is 11.4. The molecule has 2 fully saturated rings. The molecule has 0 radical (unpaired) electrons. The lowest BCUT2D eigenvalue weighted by atomic mass is 10.2. The van der Waals surface area contributed by atoms with E-state index < -0.39 is 12.0 Å². The summed E-state index contributed by atoms with van der Waals surface area (Å²) in [5, 5.41) is 11.1. The van der Waals surface area contributed by atoms with Gasteiger partial charge in [0.05, 0.1) is 6.61 Å². The van der Waals surface area contributed by atoms with Crippen LogP contribution in [-0.4, -0.2) is 52.6 Å². The quantitative estimate of drug-likeness (QED) is 0.825. The van der Waals surface area contributed by atoms with Crippen LogP contribution in [0.1, 0.15) is 18.9 Å². The Labute approximate surface area is 123 Å². The van der Waals surface area contributed by atoms with Gasteiger partial charge < -0.3 is 9.84 Å². The predicted octanol–water partition coefficient (Wildman–Crippen LogP) is 1.28.